The average molecular weight is 531 g/mol. The van der Waals surface area contributed by atoms with E-state index in [4.69, 9.17) is 28.4 Å². The van der Waals surface area contributed by atoms with E-state index in [1.165, 1.54) is 11.6 Å². The topological polar surface area (TPSA) is 116 Å². The van der Waals surface area contributed by atoms with Crippen LogP contribution in [0.5, 0.6) is 0 Å². The van der Waals surface area contributed by atoms with Crippen molar-refractivity contribution in [1.82, 2.24) is 0 Å². The normalized spacial score (nSPS) is 50.8. The highest BCUT2D eigenvalue weighted by atomic mass is 16.7. The first-order valence-corrected chi connectivity index (χ1v) is 13.7. The monoisotopic (exact) mass is 530 g/mol. The molecule has 0 aromatic rings. The maximum Gasteiger partial charge on any atom is 0.338 e. The van der Waals surface area contributed by atoms with Gasteiger partial charge in [-0.05, 0) is 33.6 Å². The summed E-state index contributed by atoms with van der Waals surface area (Å²) in [5.41, 5.74) is -1.25. The van der Waals surface area contributed by atoms with E-state index in [1.54, 1.807) is 25.2 Å². The lowest BCUT2D eigenvalue weighted by molar-refractivity contribution is -0.233. The fourth-order valence-corrected chi connectivity index (χ4v) is 7.37. The van der Waals surface area contributed by atoms with E-state index >= 15 is 0 Å². The number of ether oxygens (including phenoxy) is 6. The predicted molar refractivity (Wildman–Crippen MR) is 134 cm³/mol. The number of rotatable bonds is 1. The minimum Gasteiger partial charge on any atom is -0.463 e. The zero-order valence-electron chi connectivity index (χ0n) is 22.5. The van der Waals surface area contributed by atoms with E-state index in [9.17, 15) is 14.7 Å². The number of epoxide rings is 2. The Hall–Kier alpha value is -2.04. The van der Waals surface area contributed by atoms with Gasteiger partial charge in [-0.3, -0.25) is 0 Å². The largest absolute Gasteiger partial charge is 0.463 e. The molecular formula is C29H38O9. The molecule has 1 saturated carbocycles. The molecule has 6 rings (SSSR count). The zero-order chi connectivity index (χ0) is 26.9. The second kappa shape index (κ2) is 8.99. The molecule has 0 aromatic heterocycles. The number of allylic oxidation sites excluding steroid dienone is 3. The molecule has 4 aliphatic heterocycles. The summed E-state index contributed by atoms with van der Waals surface area (Å²) in [6.45, 7) is 8.66. The molecule has 3 saturated heterocycles. The van der Waals surface area contributed by atoms with Crippen LogP contribution in [0.25, 0.3) is 0 Å². The van der Waals surface area contributed by atoms with Gasteiger partial charge in [0.05, 0.1) is 36.9 Å². The quantitative estimate of drug-likeness (QED) is 0.310. The first-order valence-electron chi connectivity index (χ1n) is 13.7. The highest BCUT2D eigenvalue weighted by molar-refractivity contribution is 5.82. The van der Waals surface area contributed by atoms with E-state index in [-0.39, 0.29) is 25.4 Å². The second-order valence-electron chi connectivity index (χ2n) is 12.2. The number of fused-ring (bicyclic) bond motifs is 1. The average Bonchev–Trinajstić information content (AvgIpc) is 3.77. The van der Waals surface area contributed by atoms with Gasteiger partial charge in [-0.1, -0.05) is 36.8 Å². The Morgan fingerprint density at radius 3 is 2.63 bits per heavy atom. The molecule has 2 bridgehead atoms. The number of hydrogen-bond donors (Lipinski definition) is 1. The van der Waals surface area contributed by atoms with Crippen LogP contribution in [0, 0.1) is 10.8 Å². The van der Waals surface area contributed by atoms with Gasteiger partial charge >= 0.3 is 11.9 Å². The summed E-state index contributed by atoms with van der Waals surface area (Å²) in [5, 5.41) is 10.1. The predicted octanol–water partition coefficient (Wildman–Crippen LogP) is 2.55. The molecule has 6 aliphatic rings. The summed E-state index contributed by atoms with van der Waals surface area (Å²) < 4.78 is 36.6. The number of aliphatic hydroxyl groups is 1. The number of hydrogen-bond acceptors (Lipinski definition) is 9. The summed E-state index contributed by atoms with van der Waals surface area (Å²) in [4.78, 5) is 26.2. The van der Waals surface area contributed by atoms with E-state index in [0.29, 0.717) is 19.4 Å². The third kappa shape index (κ3) is 3.84. The van der Waals surface area contributed by atoms with Gasteiger partial charge < -0.3 is 33.5 Å². The fraction of sp³-hybridized carbons (Fsp3) is 0.724. The Balaban J connectivity index is 1.35. The smallest absolute Gasteiger partial charge is 0.338 e. The van der Waals surface area contributed by atoms with Crippen LogP contribution in [0.3, 0.4) is 0 Å². The van der Waals surface area contributed by atoms with Gasteiger partial charge in [-0.2, -0.15) is 0 Å². The van der Waals surface area contributed by atoms with Crippen LogP contribution in [0.2, 0.25) is 0 Å². The van der Waals surface area contributed by atoms with Gasteiger partial charge in [0.25, 0.3) is 0 Å². The molecule has 0 aromatic carbocycles. The van der Waals surface area contributed by atoms with Crippen molar-refractivity contribution >= 4 is 11.9 Å². The van der Waals surface area contributed by atoms with Crippen LogP contribution in [0.4, 0.5) is 0 Å². The molecule has 10 atom stereocenters. The highest BCUT2D eigenvalue weighted by Crippen LogP contribution is 2.72. The maximum atomic E-state index is 13.2. The lowest BCUT2D eigenvalue weighted by Crippen LogP contribution is -2.66. The van der Waals surface area contributed by atoms with E-state index in [0.717, 1.165) is 12.8 Å². The Morgan fingerprint density at radius 2 is 1.89 bits per heavy atom. The molecule has 0 amide bonds. The lowest BCUT2D eigenvalue weighted by Gasteiger charge is -2.58. The molecule has 208 valence electrons. The van der Waals surface area contributed by atoms with Crippen LogP contribution in [0.1, 0.15) is 53.4 Å². The number of cyclic esters (lactones) is 1. The molecule has 38 heavy (non-hydrogen) atoms. The standard InChI is InChI=1S/C29H38O9/c1-17-9-10-28-15-34-25(32)24-26(3,38-24)11-12-33-19(18(2)30)7-5-6-8-23(31)37-20-14-22(36-21(28)13-17)29(16-35-29)27(20,28)4/h5-8,13,18-22,24,30H,9-12,14-16H2,1-4H3/b7-5+,8-6-/t18?,19?,20-,21-,22-,24?,26?,27-,28-,29+/m1/s1. The Bertz CT molecular complexity index is 1090. The number of esters is 2. The van der Waals surface area contributed by atoms with Gasteiger partial charge in [-0.25, -0.2) is 9.59 Å². The summed E-state index contributed by atoms with van der Waals surface area (Å²) >= 11 is 0. The zero-order valence-corrected chi connectivity index (χ0v) is 22.5. The SMILES string of the molecule is CC1=C[C@H]2O[C@@H]3C[C@H]4OC(=O)/C=C\C=C\C(C(C)O)OCCC5(C)OC5C(=O)OC[C@@]2(CC1)[C@]4(C)[C@]31CO1. The maximum absolute atomic E-state index is 13.2. The van der Waals surface area contributed by atoms with Crippen molar-refractivity contribution in [2.24, 2.45) is 10.8 Å². The number of aliphatic hydroxyl groups excluding tert-OH is 1. The van der Waals surface area contributed by atoms with Crippen LogP contribution >= 0.6 is 0 Å². The van der Waals surface area contributed by atoms with Crippen LogP contribution in [0.15, 0.2) is 36.0 Å². The van der Waals surface area contributed by atoms with Crippen molar-refractivity contribution in [3.8, 4) is 0 Å². The van der Waals surface area contributed by atoms with E-state index in [2.05, 4.69) is 19.9 Å². The van der Waals surface area contributed by atoms with Crippen molar-refractivity contribution in [1.29, 1.82) is 0 Å². The summed E-state index contributed by atoms with van der Waals surface area (Å²) in [6, 6.07) is 0. The Labute approximate surface area is 223 Å². The third-order valence-corrected chi connectivity index (χ3v) is 10.1. The number of carbonyl (C=O) groups excluding carboxylic acids is 2. The molecule has 1 N–H and O–H groups in total. The van der Waals surface area contributed by atoms with Crippen molar-refractivity contribution in [2.75, 3.05) is 19.8 Å². The molecule has 4 fully saturated rings. The van der Waals surface area contributed by atoms with E-state index < -0.39 is 58.4 Å². The minimum atomic E-state index is -0.754. The first kappa shape index (κ1) is 26.2. The highest BCUT2D eigenvalue weighted by Gasteiger charge is 2.83. The van der Waals surface area contributed by atoms with Crippen molar-refractivity contribution in [3.05, 3.63) is 36.0 Å². The summed E-state index contributed by atoms with van der Waals surface area (Å²) in [5.74, 6) is -0.876. The molecule has 0 radical (unpaired) electrons. The second-order valence-corrected chi connectivity index (χ2v) is 12.2. The number of carbonyl (C=O) groups is 2. The summed E-state index contributed by atoms with van der Waals surface area (Å²) in [7, 11) is 0. The van der Waals surface area contributed by atoms with Crippen molar-refractivity contribution in [3.63, 3.8) is 0 Å². The minimum absolute atomic E-state index is 0.123. The fourth-order valence-electron chi connectivity index (χ4n) is 7.37. The molecule has 9 nitrogen and oxygen atoms in total. The molecular weight excluding hydrogens is 492 g/mol. The lowest BCUT2D eigenvalue weighted by atomic mass is 9.51. The first-order chi connectivity index (χ1) is 18.0. The van der Waals surface area contributed by atoms with Gasteiger partial charge in [0, 0.05) is 24.3 Å². The van der Waals surface area contributed by atoms with Gasteiger partial charge in [0.1, 0.15) is 30.0 Å². The summed E-state index contributed by atoms with van der Waals surface area (Å²) in [6.07, 6.45) is 8.08. The molecule has 2 spiro atoms. The molecule has 2 aliphatic carbocycles. The Morgan fingerprint density at radius 1 is 1.11 bits per heavy atom. The molecule has 9 heteroatoms. The Kier molecular flexibility index (Phi) is 6.20. The van der Waals surface area contributed by atoms with Crippen molar-refractivity contribution < 1.29 is 43.1 Å². The van der Waals surface area contributed by atoms with E-state index in [1.807, 2.05) is 6.92 Å². The van der Waals surface area contributed by atoms with Crippen LogP contribution in [-0.4, -0.2) is 84.7 Å². The third-order valence-electron chi connectivity index (χ3n) is 10.1. The van der Waals surface area contributed by atoms with Gasteiger partial charge in [0.15, 0.2) is 6.10 Å². The molecule has 4 unspecified atom stereocenters. The van der Waals surface area contributed by atoms with Crippen molar-refractivity contribution in [2.45, 2.75) is 101 Å². The van der Waals surface area contributed by atoms with Crippen LogP contribution < -0.4 is 0 Å². The van der Waals surface area contributed by atoms with Gasteiger partial charge in [0.2, 0.25) is 0 Å². The van der Waals surface area contributed by atoms with Gasteiger partial charge in [-0.15, -0.1) is 0 Å². The van der Waals surface area contributed by atoms with Crippen LogP contribution in [-0.2, 0) is 38.0 Å². The molecule has 4 heterocycles.